The summed E-state index contributed by atoms with van der Waals surface area (Å²) in [4.78, 5) is 22.7. The van der Waals surface area contributed by atoms with Gasteiger partial charge < -0.3 is 16.8 Å². The van der Waals surface area contributed by atoms with E-state index in [1.165, 1.54) is 6.07 Å². The second kappa shape index (κ2) is 6.64. The molecule has 2 amide bonds. The lowest BCUT2D eigenvalue weighted by molar-refractivity contribution is -0.117. The third-order valence-electron chi connectivity index (χ3n) is 2.65. The first-order chi connectivity index (χ1) is 9.60. The molecule has 0 fully saturated rings. The summed E-state index contributed by atoms with van der Waals surface area (Å²) < 4.78 is 35.5. The molecule has 0 aliphatic rings. The normalized spacial score (nSPS) is 12.7. The van der Waals surface area contributed by atoms with Gasteiger partial charge in [0.05, 0.1) is 17.5 Å². The molecule has 1 atom stereocenters. The summed E-state index contributed by atoms with van der Waals surface area (Å²) in [5.41, 5.74) is 10.4. The molecule has 0 spiro atoms. The molecule has 0 radical (unpaired) electrons. The summed E-state index contributed by atoms with van der Waals surface area (Å²) in [7, 11) is -3.25. The molecular formula is C12H16FN3O4S. The van der Waals surface area contributed by atoms with Crippen LogP contribution in [0.15, 0.2) is 18.2 Å². The van der Waals surface area contributed by atoms with E-state index in [4.69, 9.17) is 11.5 Å². The SMILES string of the molecule is CS(=O)(=O)CCC(N)C(=O)Nc1cc(C(N)=O)ccc1F. The van der Waals surface area contributed by atoms with E-state index < -0.39 is 33.5 Å². The van der Waals surface area contributed by atoms with E-state index in [9.17, 15) is 22.4 Å². The zero-order chi connectivity index (χ0) is 16.2. The van der Waals surface area contributed by atoms with Crippen molar-refractivity contribution in [3.05, 3.63) is 29.6 Å². The highest BCUT2D eigenvalue weighted by atomic mass is 32.2. The van der Waals surface area contributed by atoms with Gasteiger partial charge in [-0.1, -0.05) is 0 Å². The fraction of sp³-hybridized carbons (Fsp3) is 0.333. The maximum atomic E-state index is 13.5. The highest BCUT2D eigenvalue weighted by molar-refractivity contribution is 7.90. The largest absolute Gasteiger partial charge is 0.366 e. The minimum absolute atomic E-state index is 0.0245. The second-order valence-electron chi connectivity index (χ2n) is 4.57. The number of nitrogens with one attached hydrogen (secondary N) is 1. The Morgan fingerprint density at radius 1 is 1.38 bits per heavy atom. The third-order valence-corrected chi connectivity index (χ3v) is 3.62. The predicted molar refractivity (Wildman–Crippen MR) is 75.9 cm³/mol. The average Bonchev–Trinajstić information content (AvgIpc) is 2.37. The van der Waals surface area contributed by atoms with Crippen LogP contribution in [0.25, 0.3) is 0 Å². The number of amides is 2. The number of benzene rings is 1. The summed E-state index contributed by atoms with van der Waals surface area (Å²) in [6, 6.07) is 2.13. The van der Waals surface area contributed by atoms with Gasteiger partial charge in [-0.15, -0.1) is 0 Å². The Morgan fingerprint density at radius 2 is 2.00 bits per heavy atom. The Balaban J connectivity index is 2.78. The number of halogens is 1. The Bertz CT molecular complexity index is 660. The van der Waals surface area contributed by atoms with Gasteiger partial charge in [0.2, 0.25) is 11.8 Å². The molecule has 1 aromatic carbocycles. The first kappa shape index (κ1) is 17.1. The molecule has 0 aliphatic heterocycles. The maximum Gasteiger partial charge on any atom is 0.248 e. The fourth-order valence-corrected chi connectivity index (χ4v) is 2.15. The molecule has 7 nitrogen and oxygen atoms in total. The van der Waals surface area contributed by atoms with Crippen LogP contribution in [-0.2, 0) is 14.6 Å². The minimum atomic E-state index is -3.25. The quantitative estimate of drug-likeness (QED) is 0.658. The van der Waals surface area contributed by atoms with Crippen molar-refractivity contribution in [3.63, 3.8) is 0 Å². The fourth-order valence-electron chi connectivity index (χ4n) is 1.47. The van der Waals surface area contributed by atoms with Gasteiger partial charge in [-0.3, -0.25) is 9.59 Å². The number of sulfone groups is 1. The van der Waals surface area contributed by atoms with Gasteiger partial charge in [-0.25, -0.2) is 12.8 Å². The van der Waals surface area contributed by atoms with Gasteiger partial charge in [0.25, 0.3) is 0 Å². The Kier molecular flexibility index (Phi) is 5.39. The molecule has 0 aliphatic carbocycles. The van der Waals surface area contributed by atoms with Crippen LogP contribution in [-0.4, -0.2) is 38.3 Å². The van der Waals surface area contributed by atoms with Gasteiger partial charge in [0.1, 0.15) is 15.7 Å². The van der Waals surface area contributed by atoms with E-state index in [0.29, 0.717) is 0 Å². The zero-order valence-electron chi connectivity index (χ0n) is 11.3. The van der Waals surface area contributed by atoms with Crippen molar-refractivity contribution in [1.29, 1.82) is 0 Å². The van der Waals surface area contributed by atoms with E-state index >= 15 is 0 Å². The van der Waals surface area contributed by atoms with Crippen LogP contribution < -0.4 is 16.8 Å². The van der Waals surface area contributed by atoms with Crippen molar-refractivity contribution < 1.29 is 22.4 Å². The molecule has 1 aromatic rings. The number of hydrogen-bond acceptors (Lipinski definition) is 5. The average molecular weight is 317 g/mol. The summed E-state index contributed by atoms with van der Waals surface area (Å²) in [5.74, 6) is -2.54. The summed E-state index contributed by atoms with van der Waals surface area (Å²) in [6.45, 7) is 0. The molecular weight excluding hydrogens is 301 g/mol. The second-order valence-corrected chi connectivity index (χ2v) is 6.83. The summed E-state index contributed by atoms with van der Waals surface area (Å²) in [5, 5.41) is 2.20. The van der Waals surface area contributed by atoms with Crippen molar-refractivity contribution in [3.8, 4) is 0 Å². The summed E-state index contributed by atoms with van der Waals surface area (Å²) >= 11 is 0. The highest BCUT2D eigenvalue weighted by Gasteiger charge is 2.18. The van der Waals surface area contributed by atoms with Crippen molar-refractivity contribution in [2.75, 3.05) is 17.3 Å². The number of nitrogens with two attached hydrogens (primary N) is 2. The molecule has 0 saturated heterocycles. The number of hydrogen-bond donors (Lipinski definition) is 3. The van der Waals surface area contributed by atoms with Crippen molar-refractivity contribution in [2.24, 2.45) is 11.5 Å². The minimum Gasteiger partial charge on any atom is -0.366 e. The first-order valence-corrected chi connectivity index (χ1v) is 7.99. The molecule has 0 heterocycles. The van der Waals surface area contributed by atoms with Crippen molar-refractivity contribution in [1.82, 2.24) is 0 Å². The van der Waals surface area contributed by atoms with Gasteiger partial charge in [-0.05, 0) is 24.6 Å². The van der Waals surface area contributed by atoms with Crippen molar-refractivity contribution in [2.45, 2.75) is 12.5 Å². The number of primary amides is 1. The van der Waals surface area contributed by atoms with Crippen LogP contribution in [0.4, 0.5) is 10.1 Å². The molecule has 0 aromatic heterocycles. The van der Waals surface area contributed by atoms with Gasteiger partial charge in [0.15, 0.2) is 0 Å². The number of carbonyl (C=O) groups excluding carboxylic acids is 2. The molecule has 1 unspecified atom stereocenters. The van der Waals surface area contributed by atoms with Gasteiger partial charge in [0, 0.05) is 11.8 Å². The van der Waals surface area contributed by atoms with E-state index in [1.807, 2.05) is 0 Å². The van der Waals surface area contributed by atoms with Crippen LogP contribution in [0.3, 0.4) is 0 Å². The lowest BCUT2D eigenvalue weighted by atomic mass is 10.1. The van der Waals surface area contributed by atoms with Crippen LogP contribution in [0, 0.1) is 5.82 Å². The molecule has 21 heavy (non-hydrogen) atoms. The topological polar surface area (TPSA) is 132 Å². The van der Waals surface area contributed by atoms with Gasteiger partial charge >= 0.3 is 0 Å². The van der Waals surface area contributed by atoms with E-state index in [1.54, 1.807) is 0 Å². The van der Waals surface area contributed by atoms with E-state index in [0.717, 1.165) is 18.4 Å². The van der Waals surface area contributed by atoms with Crippen LogP contribution in [0.2, 0.25) is 0 Å². The number of rotatable bonds is 6. The lowest BCUT2D eigenvalue weighted by Crippen LogP contribution is -2.37. The molecule has 116 valence electrons. The molecule has 0 bridgehead atoms. The molecule has 1 rings (SSSR count). The smallest absolute Gasteiger partial charge is 0.248 e. The maximum absolute atomic E-state index is 13.5. The third kappa shape index (κ3) is 5.48. The monoisotopic (exact) mass is 317 g/mol. The number of anilines is 1. The highest BCUT2D eigenvalue weighted by Crippen LogP contribution is 2.16. The van der Waals surface area contributed by atoms with E-state index in [-0.39, 0.29) is 23.4 Å². The Morgan fingerprint density at radius 3 is 2.52 bits per heavy atom. The first-order valence-electron chi connectivity index (χ1n) is 5.93. The van der Waals surface area contributed by atoms with E-state index in [2.05, 4.69) is 5.32 Å². The molecule has 0 saturated carbocycles. The lowest BCUT2D eigenvalue weighted by Gasteiger charge is -2.12. The zero-order valence-corrected chi connectivity index (χ0v) is 12.1. The number of carbonyl (C=O) groups is 2. The van der Waals surface area contributed by atoms with Crippen LogP contribution >= 0.6 is 0 Å². The van der Waals surface area contributed by atoms with Crippen molar-refractivity contribution >= 4 is 27.3 Å². The predicted octanol–water partition coefficient (Wildman–Crippen LogP) is -0.375. The van der Waals surface area contributed by atoms with Gasteiger partial charge in [-0.2, -0.15) is 0 Å². The van der Waals surface area contributed by atoms with Crippen LogP contribution in [0.5, 0.6) is 0 Å². The molecule has 5 N–H and O–H groups in total. The molecule has 9 heteroatoms. The standard InChI is InChI=1S/C12H16FN3O4S/c1-21(19,20)5-4-9(14)12(18)16-10-6-7(11(15)17)2-3-8(10)13/h2-3,6,9H,4-5,14H2,1H3,(H2,15,17)(H,16,18). The Labute approximate surface area is 121 Å². The van der Waals surface area contributed by atoms with Crippen LogP contribution in [0.1, 0.15) is 16.8 Å². The Hall–Kier alpha value is -2.00. The summed E-state index contributed by atoms with van der Waals surface area (Å²) in [6.07, 6.45) is 0.926.